The predicted molar refractivity (Wildman–Crippen MR) is 81.1 cm³/mol. The summed E-state index contributed by atoms with van der Waals surface area (Å²) in [6.07, 6.45) is 2.85. The normalized spacial score (nSPS) is 21.9. The Morgan fingerprint density at radius 2 is 1.95 bits per heavy atom. The molecule has 1 aromatic heterocycles. The van der Waals surface area contributed by atoms with Crippen LogP contribution in [0.1, 0.15) is 20.8 Å². The van der Waals surface area contributed by atoms with Crippen molar-refractivity contribution >= 4 is 28.0 Å². The number of carbonyl (C=O) groups is 1. The lowest BCUT2D eigenvalue weighted by atomic mass is 10.2. The van der Waals surface area contributed by atoms with E-state index in [0.717, 1.165) is 4.47 Å². The minimum absolute atomic E-state index is 0.0984. The van der Waals surface area contributed by atoms with Crippen molar-refractivity contribution in [1.82, 2.24) is 15.3 Å². The Hall–Kier alpha value is -1.41. The molecule has 1 fully saturated rings. The second-order valence-electron chi connectivity index (χ2n) is 5.77. The first-order valence-corrected chi connectivity index (χ1v) is 7.44. The van der Waals surface area contributed by atoms with Crippen LogP contribution in [0.15, 0.2) is 16.9 Å². The third-order valence-corrected chi connectivity index (χ3v) is 3.13. The van der Waals surface area contributed by atoms with E-state index in [1.54, 1.807) is 12.4 Å². The number of alkyl carbamates (subject to hydrolysis) is 1. The number of anilines is 1. The second-order valence-corrected chi connectivity index (χ2v) is 6.68. The van der Waals surface area contributed by atoms with Crippen LogP contribution < -0.4 is 10.6 Å². The van der Waals surface area contributed by atoms with E-state index in [2.05, 4.69) is 36.5 Å². The van der Waals surface area contributed by atoms with Crippen LogP contribution in [-0.4, -0.2) is 47.0 Å². The van der Waals surface area contributed by atoms with Gasteiger partial charge in [0.15, 0.2) is 0 Å². The third-order valence-electron chi connectivity index (χ3n) is 2.72. The van der Waals surface area contributed by atoms with Gasteiger partial charge >= 0.3 is 6.09 Å². The summed E-state index contributed by atoms with van der Waals surface area (Å²) in [5.41, 5.74) is -0.526. The van der Waals surface area contributed by atoms with E-state index >= 15 is 0 Å². The molecule has 1 amide bonds. The van der Waals surface area contributed by atoms with E-state index in [1.807, 2.05) is 20.8 Å². The maximum Gasteiger partial charge on any atom is 0.408 e. The molecule has 2 N–H and O–H groups in total. The predicted octanol–water partition coefficient (Wildman–Crippen LogP) is 1.94. The molecule has 2 heterocycles. The molecule has 0 unspecified atom stereocenters. The summed E-state index contributed by atoms with van der Waals surface area (Å²) in [6, 6.07) is -0.286. The Kier molecular flexibility index (Phi) is 5.00. The highest BCUT2D eigenvalue weighted by atomic mass is 79.9. The van der Waals surface area contributed by atoms with E-state index in [9.17, 15) is 4.79 Å². The average Bonchev–Trinajstić information content (AvgIpc) is 2.77. The summed E-state index contributed by atoms with van der Waals surface area (Å²) in [7, 11) is 0. The van der Waals surface area contributed by atoms with Crippen molar-refractivity contribution in [3.8, 4) is 0 Å². The Morgan fingerprint density at radius 3 is 2.57 bits per heavy atom. The van der Waals surface area contributed by atoms with E-state index in [1.165, 1.54) is 0 Å². The second kappa shape index (κ2) is 6.57. The summed E-state index contributed by atoms with van der Waals surface area (Å²) in [6.45, 7) is 6.36. The molecule has 2 rings (SSSR count). The molecule has 0 aromatic carbocycles. The monoisotopic (exact) mass is 358 g/mol. The van der Waals surface area contributed by atoms with E-state index in [4.69, 9.17) is 9.47 Å². The largest absolute Gasteiger partial charge is 0.444 e. The lowest BCUT2D eigenvalue weighted by molar-refractivity contribution is 0.0497. The molecular weight excluding hydrogens is 340 g/mol. The van der Waals surface area contributed by atoms with Gasteiger partial charge in [0, 0.05) is 12.4 Å². The van der Waals surface area contributed by atoms with Gasteiger partial charge in [0.25, 0.3) is 0 Å². The van der Waals surface area contributed by atoms with E-state index < -0.39 is 11.7 Å². The molecule has 0 spiro atoms. The lowest BCUT2D eigenvalue weighted by Gasteiger charge is -2.24. The Balaban J connectivity index is 1.91. The summed E-state index contributed by atoms with van der Waals surface area (Å²) >= 11 is 3.28. The first-order valence-electron chi connectivity index (χ1n) is 6.65. The third kappa shape index (κ3) is 5.13. The fourth-order valence-electron chi connectivity index (χ4n) is 1.85. The zero-order chi connectivity index (χ0) is 15.5. The smallest absolute Gasteiger partial charge is 0.408 e. The van der Waals surface area contributed by atoms with Crippen molar-refractivity contribution in [2.24, 2.45) is 0 Å². The van der Waals surface area contributed by atoms with Gasteiger partial charge in [-0.15, -0.1) is 0 Å². The molecule has 21 heavy (non-hydrogen) atoms. The van der Waals surface area contributed by atoms with Crippen LogP contribution in [0, 0.1) is 0 Å². The number of ether oxygens (including phenoxy) is 2. The molecule has 1 aliphatic rings. The molecular formula is C13H19BrN4O3. The number of hydrogen-bond acceptors (Lipinski definition) is 6. The molecule has 1 aliphatic heterocycles. The number of hydrogen-bond donors (Lipinski definition) is 2. The molecule has 2 atom stereocenters. The topological polar surface area (TPSA) is 85.4 Å². The summed E-state index contributed by atoms with van der Waals surface area (Å²) in [5, 5.41) is 5.95. The molecule has 0 aliphatic carbocycles. The van der Waals surface area contributed by atoms with Crippen LogP contribution >= 0.6 is 15.9 Å². The van der Waals surface area contributed by atoms with Crippen LogP contribution in [0.3, 0.4) is 0 Å². The van der Waals surface area contributed by atoms with Gasteiger partial charge in [-0.1, -0.05) is 0 Å². The Morgan fingerprint density at radius 1 is 1.33 bits per heavy atom. The van der Waals surface area contributed by atoms with Crippen molar-refractivity contribution < 1.29 is 14.3 Å². The van der Waals surface area contributed by atoms with Gasteiger partial charge in [-0.3, -0.25) is 0 Å². The van der Waals surface area contributed by atoms with Crippen molar-refractivity contribution in [3.05, 3.63) is 16.9 Å². The van der Waals surface area contributed by atoms with Gasteiger partial charge < -0.3 is 20.1 Å². The van der Waals surface area contributed by atoms with Gasteiger partial charge in [-0.2, -0.15) is 0 Å². The van der Waals surface area contributed by atoms with Crippen LogP contribution in [0.25, 0.3) is 0 Å². The van der Waals surface area contributed by atoms with Gasteiger partial charge in [-0.05, 0) is 36.7 Å². The molecule has 8 heteroatoms. The number of halogens is 1. The van der Waals surface area contributed by atoms with Gasteiger partial charge in [-0.25, -0.2) is 14.8 Å². The Bertz CT molecular complexity index is 489. The maximum atomic E-state index is 11.8. The van der Waals surface area contributed by atoms with Gasteiger partial charge in [0.2, 0.25) is 5.95 Å². The highest BCUT2D eigenvalue weighted by molar-refractivity contribution is 9.10. The number of aromatic nitrogens is 2. The average molecular weight is 359 g/mol. The van der Waals surface area contributed by atoms with Crippen molar-refractivity contribution in [1.29, 1.82) is 0 Å². The molecule has 7 nitrogen and oxygen atoms in total. The molecule has 1 aromatic rings. The molecule has 0 saturated carbocycles. The number of carbonyl (C=O) groups excluding carboxylic acids is 1. The first kappa shape index (κ1) is 16.0. The van der Waals surface area contributed by atoms with Crippen molar-refractivity contribution in [2.45, 2.75) is 38.5 Å². The number of amides is 1. The fraction of sp³-hybridized carbons (Fsp3) is 0.615. The number of nitrogens with zero attached hydrogens (tertiary/aromatic N) is 2. The summed E-state index contributed by atoms with van der Waals surface area (Å²) in [5.74, 6) is 0.490. The standard InChI is InChI=1S/C13H19BrN4O3/c1-13(2,3)21-12(19)18-10-7-20-6-9(10)17-11-15-4-8(14)5-16-11/h4-5,9-10H,6-7H2,1-3H3,(H,18,19)(H,15,16,17)/t9-,10+/m1/s1. The van der Waals surface area contributed by atoms with Crippen LogP contribution in [0.5, 0.6) is 0 Å². The van der Waals surface area contributed by atoms with Crippen LogP contribution in [-0.2, 0) is 9.47 Å². The SMILES string of the molecule is CC(C)(C)OC(=O)N[C@H]1COC[C@H]1Nc1ncc(Br)cn1. The van der Waals surface area contributed by atoms with Crippen LogP contribution in [0.2, 0.25) is 0 Å². The molecule has 0 bridgehead atoms. The maximum absolute atomic E-state index is 11.8. The van der Waals surface area contributed by atoms with E-state index in [-0.39, 0.29) is 12.1 Å². The van der Waals surface area contributed by atoms with Gasteiger partial charge in [0.1, 0.15) is 5.60 Å². The number of nitrogens with one attached hydrogen (secondary N) is 2. The van der Waals surface area contributed by atoms with Crippen molar-refractivity contribution in [3.63, 3.8) is 0 Å². The first-order chi connectivity index (χ1) is 9.83. The van der Waals surface area contributed by atoms with E-state index in [0.29, 0.717) is 19.2 Å². The van der Waals surface area contributed by atoms with Crippen molar-refractivity contribution in [2.75, 3.05) is 18.5 Å². The molecule has 116 valence electrons. The zero-order valence-electron chi connectivity index (χ0n) is 12.2. The quantitative estimate of drug-likeness (QED) is 0.858. The minimum atomic E-state index is -0.526. The summed E-state index contributed by atoms with van der Waals surface area (Å²) in [4.78, 5) is 20.1. The summed E-state index contributed by atoms with van der Waals surface area (Å²) < 4.78 is 11.4. The van der Waals surface area contributed by atoms with Crippen LogP contribution in [0.4, 0.5) is 10.7 Å². The Labute approximate surface area is 132 Å². The van der Waals surface area contributed by atoms with Gasteiger partial charge in [0.05, 0.1) is 29.8 Å². The minimum Gasteiger partial charge on any atom is -0.444 e. The zero-order valence-corrected chi connectivity index (χ0v) is 13.8. The molecule has 0 radical (unpaired) electrons. The lowest BCUT2D eigenvalue weighted by Crippen LogP contribution is -2.47. The highest BCUT2D eigenvalue weighted by Gasteiger charge is 2.31. The number of rotatable bonds is 3. The highest BCUT2D eigenvalue weighted by Crippen LogP contribution is 2.14. The fourth-order valence-corrected chi connectivity index (χ4v) is 2.06. The molecule has 1 saturated heterocycles.